The van der Waals surface area contributed by atoms with E-state index >= 15 is 0 Å². The number of ether oxygens (including phenoxy) is 1. The van der Waals surface area contributed by atoms with E-state index in [0.29, 0.717) is 5.82 Å². The van der Waals surface area contributed by atoms with Crippen molar-refractivity contribution in [3.05, 3.63) is 84.0 Å². The van der Waals surface area contributed by atoms with Gasteiger partial charge in [-0.25, -0.2) is 14.8 Å². The minimum atomic E-state index is -0.550. The molecular weight excluding hydrogens is 542 g/mol. The average molecular weight is 582 g/mol. The van der Waals surface area contributed by atoms with Gasteiger partial charge in [0.15, 0.2) is 5.82 Å². The molecule has 10 heteroatoms. The van der Waals surface area contributed by atoms with Crippen LogP contribution in [0.2, 0.25) is 0 Å². The maximum atomic E-state index is 12.7. The molecule has 0 atom stereocenters. The molecule has 2 aromatic heterocycles. The van der Waals surface area contributed by atoms with E-state index in [9.17, 15) is 9.59 Å². The van der Waals surface area contributed by atoms with Crippen LogP contribution in [0.15, 0.2) is 78.3 Å². The van der Waals surface area contributed by atoms with Crippen molar-refractivity contribution in [2.45, 2.75) is 64.0 Å². The van der Waals surface area contributed by atoms with Crippen LogP contribution in [0.3, 0.4) is 0 Å². The summed E-state index contributed by atoms with van der Waals surface area (Å²) in [5.41, 5.74) is 16.3. The Balaban J connectivity index is 1.49. The van der Waals surface area contributed by atoms with E-state index < -0.39 is 11.5 Å². The van der Waals surface area contributed by atoms with Crippen molar-refractivity contribution in [2.75, 3.05) is 12.5 Å². The molecule has 0 bridgehead atoms. The zero-order chi connectivity index (χ0) is 30.6. The second-order valence-corrected chi connectivity index (χ2v) is 11.9. The first-order chi connectivity index (χ1) is 20.6. The van der Waals surface area contributed by atoms with E-state index in [1.807, 2.05) is 45.0 Å². The number of carbonyl (C=O) groups excluding carboxylic acids is 2. The highest BCUT2D eigenvalue weighted by Crippen LogP contribution is 2.44. The maximum absolute atomic E-state index is 12.7. The van der Waals surface area contributed by atoms with Crippen molar-refractivity contribution >= 4 is 34.3 Å². The summed E-state index contributed by atoms with van der Waals surface area (Å²) in [6.45, 7) is 5.62. The Labute approximate surface area is 251 Å². The fourth-order valence-corrected chi connectivity index (χ4v) is 5.48. The van der Waals surface area contributed by atoms with Crippen LogP contribution in [0.25, 0.3) is 27.6 Å². The minimum absolute atomic E-state index is 0.0299. The molecule has 224 valence electrons. The van der Waals surface area contributed by atoms with Crippen molar-refractivity contribution in [1.29, 1.82) is 0 Å². The highest BCUT2D eigenvalue weighted by Gasteiger charge is 2.43. The molecule has 6 N–H and O–H groups in total. The molecule has 1 fully saturated rings. The largest absolute Gasteiger partial charge is 0.444 e. The number of nitrogens with one attached hydrogen (secondary N) is 4. The maximum Gasteiger partial charge on any atom is 0.408 e. The van der Waals surface area contributed by atoms with Gasteiger partial charge in [-0.05, 0) is 81.7 Å². The van der Waals surface area contributed by atoms with Crippen molar-refractivity contribution in [2.24, 2.45) is 5.73 Å². The first-order valence-corrected chi connectivity index (χ1v) is 14.5. The summed E-state index contributed by atoms with van der Waals surface area (Å²) in [6, 6.07) is 14.0. The minimum Gasteiger partial charge on any atom is -0.444 e. The molecule has 1 saturated carbocycles. The molecule has 2 amide bonds. The number of pyridine rings is 2. The van der Waals surface area contributed by atoms with Crippen LogP contribution in [0.4, 0.5) is 10.6 Å². The number of alkyl carbamates (subject to hydrolysis) is 1. The second kappa shape index (κ2) is 12.2. The molecule has 5 rings (SSSR count). The molecule has 0 aliphatic heterocycles. The van der Waals surface area contributed by atoms with Gasteiger partial charge in [-0.15, -0.1) is 0 Å². The first kappa shape index (κ1) is 29.6. The number of allylic oxidation sites excluding steroid dienone is 3. The normalized spacial score (nSPS) is 16.3. The quantitative estimate of drug-likeness (QED) is 0.178. The summed E-state index contributed by atoms with van der Waals surface area (Å²) in [6.07, 6.45) is 11.4. The number of hydrazine groups is 1. The van der Waals surface area contributed by atoms with Crippen LogP contribution < -0.4 is 27.2 Å². The summed E-state index contributed by atoms with van der Waals surface area (Å²) in [4.78, 5) is 34.6. The van der Waals surface area contributed by atoms with E-state index in [2.05, 4.69) is 56.8 Å². The van der Waals surface area contributed by atoms with Gasteiger partial charge in [-0.1, -0.05) is 42.5 Å². The molecule has 10 nitrogen and oxygen atoms in total. The van der Waals surface area contributed by atoms with Gasteiger partial charge in [-0.3, -0.25) is 15.6 Å². The predicted octanol–water partition coefficient (Wildman–Crippen LogP) is 5.31. The first-order valence-electron chi connectivity index (χ1n) is 14.5. The van der Waals surface area contributed by atoms with Crippen LogP contribution in [0.5, 0.6) is 0 Å². The highest BCUT2D eigenvalue weighted by molar-refractivity contribution is 5.97. The Morgan fingerprint density at radius 3 is 2.47 bits per heavy atom. The Morgan fingerprint density at radius 1 is 1.07 bits per heavy atom. The summed E-state index contributed by atoms with van der Waals surface area (Å²) in [5.74, 6) is -0.0272. The molecule has 1 aromatic carbocycles. The number of hydrogen-bond acceptors (Lipinski definition) is 8. The van der Waals surface area contributed by atoms with E-state index in [0.717, 1.165) is 65.4 Å². The molecule has 0 saturated heterocycles. The van der Waals surface area contributed by atoms with Gasteiger partial charge < -0.3 is 21.1 Å². The average Bonchev–Trinajstić information content (AvgIpc) is 2.97. The van der Waals surface area contributed by atoms with Crippen molar-refractivity contribution in [3.8, 4) is 11.1 Å². The van der Waals surface area contributed by atoms with Gasteiger partial charge in [0.1, 0.15) is 11.3 Å². The summed E-state index contributed by atoms with van der Waals surface area (Å²) in [7, 11) is 1.67. The third-order valence-corrected chi connectivity index (χ3v) is 7.70. The lowest BCUT2D eigenvalue weighted by molar-refractivity contribution is -0.117. The SMILES string of the molecule is CN/C=C(\N)C(=O)NNc1nccc2nc(C3=CC=C(C4(NC(=O)OC(C)(C)C)CCC4)CC3)c(-c3ccccc3)cc12. The molecule has 0 unspecified atom stereocenters. The third-order valence-electron chi connectivity index (χ3n) is 7.70. The van der Waals surface area contributed by atoms with Gasteiger partial charge in [0.25, 0.3) is 5.91 Å². The smallest absolute Gasteiger partial charge is 0.408 e. The van der Waals surface area contributed by atoms with E-state index in [-0.39, 0.29) is 17.3 Å². The number of carbonyl (C=O) groups is 2. The van der Waals surface area contributed by atoms with E-state index in [4.69, 9.17) is 15.5 Å². The van der Waals surface area contributed by atoms with Crippen molar-refractivity contribution in [1.82, 2.24) is 26.0 Å². The van der Waals surface area contributed by atoms with E-state index in [1.54, 1.807) is 13.2 Å². The van der Waals surface area contributed by atoms with Crippen LogP contribution in [0.1, 0.15) is 58.6 Å². The summed E-state index contributed by atoms with van der Waals surface area (Å²) in [5, 5.41) is 6.67. The highest BCUT2D eigenvalue weighted by atomic mass is 16.6. The fourth-order valence-electron chi connectivity index (χ4n) is 5.48. The van der Waals surface area contributed by atoms with E-state index in [1.165, 1.54) is 11.8 Å². The Morgan fingerprint density at radius 2 is 1.84 bits per heavy atom. The monoisotopic (exact) mass is 581 g/mol. The molecular formula is C33H39N7O3. The lowest BCUT2D eigenvalue weighted by atomic mass is 9.68. The topological polar surface area (TPSA) is 143 Å². The molecule has 3 aromatic rings. The third kappa shape index (κ3) is 6.63. The van der Waals surface area contributed by atoms with Crippen LogP contribution in [-0.4, -0.2) is 40.2 Å². The summed E-state index contributed by atoms with van der Waals surface area (Å²) < 4.78 is 5.57. The van der Waals surface area contributed by atoms with Crippen LogP contribution >= 0.6 is 0 Å². The Kier molecular flexibility index (Phi) is 8.38. The molecule has 2 aliphatic carbocycles. The number of rotatable bonds is 8. The number of anilines is 1. The van der Waals surface area contributed by atoms with Gasteiger partial charge >= 0.3 is 6.09 Å². The lowest BCUT2D eigenvalue weighted by Gasteiger charge is -2.45. The predicted molar refractivity (Wildman–Crippen MR) is 169 cm³/mol. The van der Waals surface area contributed by atoms with Crippen molar-refractivity contribution in [3.63, 3.8) is 0 Å². The lowest BCUT2D eigenvalue weighted by Crippen LogP contribution is -2.56. The Bertz CT molecular complexity index is 1620. The molecule has 0 radical (unpaired) electrons. The molecule has 0 spiro atoms. The molecule has 2 heterocycles. The van der Waals surface area contributed by atoms with Gasteiger partial charge in [-0.2, -0.15) is 0 Å². The van der Waals surface area contributed by atoms with Gasteiger partial charge in [0.05, 0.1) is 16.7 Å². The molecule has 43 heavy (non-hydrogen) atoms. The number of hydrogen-bond donors (Lipinski definition) is 5. The zero-order valence-electron chi connectivity index (χ0n) is 25.1. The van der Waals surface area contributed by atoms with Crippen LogP contribution in [0, 0.1) is 0 Å². The summed E-state index contributed by atoms with van der Waals surface area (Å²) >= 11 is 0. The number of nitrogens with two attached hydrogens (primary N) is 1. The number of aromatic nitrogens is 2. The van der Waals surface area contributed by atoms with Gasteiger partial charge in [0.2, 0.25) is 0 Å². The van der Waals surface area contributed by atoms with Crippen molar-refractivity contribution < 1.29 is 14.3 Å². The number of benzene rings is 1. The number of nitrogens with zero attached hydrogens (tertiary/aromatic N) is 2. The van der Waals surface area contributed by atoms with Crippen LogP contribution in [-0.2, 0) is 9.53 Å². The number of fused-ring (bicyclic) bond motifs is 1. The molecule has 2 aliphatic rings. The zero-order valence-corrected chi connectivity index (χ0v) is 25.1. The fraction of sp³-hybridized carbons (Fsp3) is 0.333. The van der Waals surface area contributed by atoms with Gasteiger partial charge in [0, 0.05) is 30.4 Å². The standard InChI is InChI=1S/C33H39N7O3/c1-32(2,3)43-31(42)38-33(16-8-17-33)23-13-11-22(12-14-23)28-24(21-9-6-5-7-10-21)19-25-27(37-28)15-18-36-29(25)39-40-30(41)26(34)20-35-4/h5-7,9-11,13,15,18-20,35H,8,12,14,16-17,34H2,1-4H3,(H,36,39)(H,38,42)(H,40,41)/b26-20-. The Hall–Kier alpha value is -4.86. The second-order valence-electron chi connectivity index (χ2n) is 11.9. The number of amides is 2.